The van der Waals surface area contributed by atoms with E-state index >= 15 is 0 Å². The van der Waals surface area contributed by atoms with Gasteiger partial charge in [-0.05, 0) is 55.3 Å². The number of methoxy groups -OCH3 is 1. The second kappa shape index (κ2) is 11.8. The van der Waals surface area contributed by atoms with Gasteiger partial charge < -0.3 is 29.1 Å². The summed E-state index contributed by atoms with van der Waals surface area (Å²) in [6.45, 7) is 2.36. The van der Waals surface area contributed by atoms with Crippen molar-refractivity contribution in [2.45, 2.75) is 12.8 Å². The van der Waals surface area contributed by atoms with Crippen molar-refractivity contribution in [2.75, 3.05) is 49.8 Å². The van der Waals surface area contributed by atoms with Crippen LogP contribution >= 0.6 is 0 Å². The summed E-state index contributed by atoms with van der Waals surface area (Å²) in [7, 11) is 5.23. The molecule has 42 heavy (non-hydrogen) atoms. The normalized spacial score (nSPS) is 12.8. The van der Waals surface area contributed by atoms with E-state index in [0.717, 1.165) is 45.2 Å². The van der Waals surface area contributed by atoms with Gasteiger partial charge in [-0.1, -0.05) is 12.1 Å². The first-order valence-corrected chi connectivity index (χ1v) is 14.1. The number of fused-ring (bicyclic) bond motifs is 2. The third-order valence-corrected chi connectivity index (χ3v) is 7.58. The van der Waals surface area contributed by atoms with Crippen LogP contribution in [0.4, 0.5) is 21.5 Å². The Hall–Kier alpha value is -5.05. The molecule has 0 radical (unpaired) electrons. The van der Waals surface area contributed by atoms with Crippen LogP contribution in [-0.2, 0) is 0 Å². The van der Waals surface area contributed by atoms with E-state index in [1.54, 1.807) is 12.1 Å². The molecule has 0 unspecified atom stereocenters. The number of nitrogens with one attached hydrogen (secondary N) is 2. The van der Waals surface area contributed by atoms with E-state index in [1.807, 2.05) is 49.2 Å². The summed E-state index contributed by atoms with van der Waals surface area (Å²) in [6, 6.07) is 21.6. The molecule has 1 fully saturated rings. The molecular formula is C33H34FN7O. The van der Waals surface area contributed by atoms with E-state index < -0.39 is 5.82 Å². The van der Waals surface area contributed by atoms with Gasteiger partial charge in [0.15, 0.2) is 11.6 Å². The molecule has 0 amide bonds. The number of benzene rings is 2. The van der Waals surface area contributed by atoms with Crippen molar-refractivity contribution in [1.82, 2.24) is 18.8 Å². The number of anilines is 3. The highest BCUT2D eigenvalue weighted by molar-refractivity contribution is 5.68. The Morgan fingerprint density at radius 2 is 1.26 bits per heavy atom. The third kappa shape index (κ3) is 5.58. The fourth-order valence-corrected chi connectivity index (χ4v) is 5.20. The first-order chi connectivity index (χ1) is 20.5. The zero-order chi connectivity index (χ0) is 29.1. The van der Waals surface area contributed by atoms with Gasteiger partial charge in [0, 0.05) is 92.3 Å². The van der Waals surface area contributed by atoms with Crippen LogP contribution in [-0.4, -0.2) is 53.1 Å². The first-order valence-electron chi connectivity index (χ1n) is 14.1. The average molecular weight is 564 g/mol. The Morgan fingerprint density at radius 3 is 1.79 bits per heavy atom. The van der Waals surface area contributed by atoms with Crippen LogP contribution in [0.15, 0.2) is 91.5 Å². The van der Waals surface area contributed by atoms with Gasteiger partial charge in [-0.3, -0.25) is 0 Å². The lowest BCUT2D eigenvalue weighted by atomic mass is 10.1. The molecule has 5 heterocycles. The van der Waals surface area contributed by atoms with E-state index in [4.69, 9.17) is 9.72 Å². The van der Waals surface area contributed by atoms with E-state index in [9.17, 15) is 4.39 Å². The minimum absolute atomic E-state index is 0.231. The molecule has 1 saturated heterocycles. The van der Waals surface area contributed by atoms with E-state index in [2.05, 4.69) is 67.5 Å². The number of nitrogens with zero attached hydrogens (tertiary/aromatic N) is 5. The van der Waals surface area contributed by atoms with Crippen LogP contribution < -0.4 is 20.3 Å². The molecule has 1 aliphatic rings. The molecule has 214 valence electrons. The maximum Gasteiger partial charge on any atom is 0.165 e. The van der Waals surface area contributed by atoms with Crippen molar-refractivity contribution in [3.8, 4) is 28.3 Å². The van der Waals surface area contributed by atoms with Crippen LogP contribution in [0.5, 0.6) is 5.75 Å². The zero-order valence-electron chi connectivity index (χ0n) is 24.0. The number of ether oxygens (including phenoxy) is 1. The molecular weight excluding hydrogens is 529 g/mol. The van der Waals surface area contributed by atoms with Crippen LogP contribution in [0.3, 0.4) is 0 Å². The minimum atomic E-state index is -0.391. The van der Waals surface area contributed by atoms with Gasteiger partial charge in [-0.25, -0.2) is 14.4 Å². The van der Waals surface area contributed by atoms with Gasteiger partial charge in [0.25, 0.3) is 0 Å². The molecule has 2 N–H and O–H groups in total. The molecule has 0 aliphatic carbocycles. The molecule has 0 atom stereocenters. The van der Waals surface area contributed by atoms with Crippen molar-refractivity contribution in [1.29, 1.82) is 0 Å². The highest BCUT2D eigenvalue weighted by Crippen LogP contribution is 2.27. The second-order valence-corrected chi connectivity index (χ2v) is 10.2. The maximum absolute atomic E-state index is 13.7. The minimum Gasteiger partial charge on any atom is -0.494 e. The lowest BCUT2D eigenvalue weighted by molar-refractivity contribution is 0.386. The highest BCUT2D eigenvalue weighted by Gasteiger charge is 2.13. The molecule has 6 aromatic rings. The van der Waals surface area contributed by atoms with Crippen molar-refractivity contribution < 1.29 is 9.13 Å². The van der Waals surface area contributed by atoms with Gasteiger partial charge in [-0.2, -0.15) is 0 Å². The Bertz CT molecular complexity index is 1820. The number of hydrogen-bond acceptors (Lipinski definition) is 6. The summed E-state index contributed by atoms with van der Waals surface area (Å²) < 4.78 is 22.6. The van der Waals surface area contributed by atoms with Gasteiger partial charge >= 0.3 is 0 Å². The molecule has 8 nitrogen and oxygen atoms in total. The van der Waals surface area contributed by atoms with Gasteiger partial charge in [-0.15, -0.1) is 0 Å². The zero-order valence-corrected chi connectivity index (χ0v) is 24.0. The lowest BCUT2D eigenvalue weighted by Gasteiger charge is -2.17. The average Bonchev–Trinajstić information content (AvgIpc) is 3.80. The summed E-state index contributed by atoms with van der Waals surface area (Å²) in [6.07, 6.45) is 10.5. The van der Waals surface area contributed by atoms with E-state index in [-0.39, 0.29) is 5.75 Å². The summed E-state index contributed by atoms with van der Waals surface area (Å²) in [5.41, 5.74) is 8.78. The van der Waals surface area contributed by atoms with E-state index in [0.29, 0.717) is 0 Å². The predicted octanol–water partition coefficient (Wildman–Crippen LogP) is 6.83. The number of rotatable bonds is 6. The monoisotopic (exact) mass is 563 g/mol. The lowest BCUT2D eigenvalue weighted by Crippen LogP contribution is -2.17. The van der Waals surface area contributed by atoms with Crippen LogP contribution in [0.1, 0.15) is 12.8 Å². The molecule has 2 aromatic carbocycles. The molecule has 0 spiro atoms. The summed E-state index contributed by atoms with van der Waals surface area (Å²) in [4.78, 5) is 11.7. The van der Waals surface area contributed by atoms with Gasteiger partial charge in [0.2, 0.25) is 0 Å². The number of hydrogen-bond donors (Lipinski definition) is 2. The fourth-order valence-electron chi connectivity index (χ4n) is 5.20. The molecule has 9 heteroatoms. The number of imidazole rings is 2. The number of halogens is 1. The largest absolute Gasteiger partial charge is 0.494 e. The molecule has 1 aliphatic heterocycles. The van der Waals surface area contributed by atoms with Gasteiger partial charge in [0.05, 0.1) is 18.5 Å². The Morgan fingerprint density at radius 1 is 0.714 bits per heavy atom. The Kier molecular flexibility index (Phi) is 7.64. The summed E-state index contributed by atoms with van der Waals surface area (Å²) >= 11 is 0. The summed E-state index contributed by atoms with van der Waals surface area (Å²) in [5, 5.41) is 6.21. The van der Waals surface area contributed by atoms with Crippen LogP contribution in [0.2, 0.25) is 0 Å². The van der Waals surface area contributed by atoms with Crippen molar-refractivity contribution in [2.24, 2.45) is 0 Å². The second-order valence-electron chi connectivity index (χ2n) is 10.2. The first kappa shape index (κ1) is 27.1. The summed E-state index contributed by atoms with van der Waals surface area (Å²) in [5.74, 6) is -0.159. The van der Waals surface area contributed by atoms with Crippen molar-refractivity contribution in [3.05, 3.63) is 97.3 Å². The third-order valence-electron chi connectivity index (χ3n) is 7.58. The van der Waals surface area contributed by atoms with Gasteiger partial charge in [0.1, 0.15) is 11.3 Å². The molecule has 0 saturated carbocycles. The molecule has 0 bridgehead atoms. The topological polar surface area (TPSA) is 71.1 Å². The SMILES string of the molecule is CNc1ccn2cc(-c3ccc(N4CCCC4)cc3)nc2c1.CNc1ccn2cc(-c3ccc(OC)c(F)c3)nc2c1. The van der Waals surface area contributed by atoms with Crippen LogP contribution in [0.25, 0.3) is 33.8 Å². The Balaban J connectivity index is 0.000000151. The predicted molar refractivity (Wildman–Crippen MR) is 168 cm³/mol. The number of pyridine rings is 2. The fraction of sp³-hybridized carbons (Fsp3) is 0.212. The van der Waals surface area contributed by atoms with Crippen molar-refractivity contribution >= 4 is 28.4 Å². The van der Waals surface area contributed by atoms with Crippen molar-refractivity contribution in [3.63, 3.8) is 0 Å². The Labute approximate surface area is 244 Å². The molecule has 4 aromatic heterocycles. The molecule has 7 rings (SSSR count). The number of aromatic nitrogens is 4. The van der Waals surface area contributed by atoms with Crippen LogP contribution in [0, 0.1) is 5.82 Å². The van der Waals surface area contributed by atoms with E-state index in [1.165, 1.54) is 44.8 Å². The highest BCUT2D eigenvalue weighted by atomic mass is 19.1. The quantitative estimate of drug-likeness (QED) is 0.231. The smallest absolute Gasteiger partial charge is 0.165 e. The standard InChI is InChI=1S/C18H20N4.C15H14FN3O/c1-19-15-8-11-22-13-17(20-18(22)12-15)14-4-6-16(7-5-14)21-9-2-3-10-21;1-17-11-5-6-19-9-13(18-15(19)8-11)10-3-4-14(20-2)12(16)7-10/h4-8,11-13,19H,2-3,9-10H2,1H3;3-9,17H,1-2H3. The maximum atomic E-state index is 13.7.